The van der Waals surface area contributed by atoms with Gasteiger partial charge in [0.25, 0.3) is 0 Å². The molecule has 156 valence electrons. The molecule has 6 nitrogen and oxygen atoms in total. The van der Waals surface area contributed by atoms with Crippen molar-refractivity contribution in [3.05, 3.63) is 57.9 Å². The van der Waals surface area contributed by atoms with Crippen LogP contribution in [0.2, 0.25) is 5.02 Å². The van der Waals surface area contributed by atoms with Crippen LogP contribution in [0.4, 0.5) is 0 Å². The minimum Gasteiger partial charge on any atom is -0.335 e. The Morgan fingerprint density at radius 3 is 2.69 bits per heavy atom. The van der Waals surface area contributed by atoms with E-state index in [0.29, 0.717) is 24.5 Å². The van der Waals surface area contributed by atoms with Gasteiger partial charge in [-0.05, 0) is 44.9 Å². The highest BCUT2D eigenvalue weighted by Crippen LogP contribution is 2.21. The van der Waals surface area contributed by atoms with Crippen LogP contribution in [0.25, 0.3) is 6.08 Å². The van der Waals surface area contributed by atoms with Crippen molar-refractivity contribution in [2.24, 2.45) is 0 Å². The second-order valence-electron chi connectivity index (χ2n) is 7.35. The maximum absolute atomic E-state index is 12.7. The number of hydrogen-bond donors (Lipinski definition) is 0. The zero-order chi connectivity index (χ0) is 21.2. The van der Waals surface area contributed by atoms with Crippen LogP contribution in [-0.4, -0.2) is 53.1 Å². The van der Waals surface area contributed by atoms with Gasteiger partial charge >= 0.3 is 0 Å². The minimum atomic E-state index is -3.04. The average Bonchev–Trinajstić information content (AvgIpc) is 3.15. The summed E-state index contributed by atoms with van der Waals surface area (Å²) in [6, 6.07) is 7.40. The molecule has 0 saturated carbocycles. The van der Waals surface area contributed by atoms with E-state index in [0.717, 1.165) is 22.5 Å². The van der Waals surface area contributed by atoms with Gasteiger partial charge in [-0.15, -0.1) is 0 Å². The van der Waals surface area contributed by atoms with E-state index in [1.165, 1.54) is 6.08 Å². The summed E-state index contributed by atoms with van der Waals surface area (Å²) in [5.74, 6) is 0.0270. The largest absolute Gasteiger partial charge is 0.335 e. The second-order valence-corrected chi connectivity index (χ2v) is 9.98. The molecule has 1 unspecified atom stereocenters. The standard InChI is InChI=1S/C21H26ClN3O3S/c1-4-24(18-11-12-29(27,28)14-18)21(26)10-9-19-15(2)23-25(16(19)3)13-17-7-5-6-8-20(17)22/h5-10,18H,4,11-14H2,1-3H3. The third-order valence-corrected chi connectivity index (χ3v) is 7.50. The molecule has 2 aromatic rings. The first kappa shape index (κ1) is 21.6. The predicted molar refractivity (Wildman–Crippen MR) is 116 cm³/mol. The predicted octanol–water partition coefficient (Wildman–Crippen LogP) is 3.25. The van der Waals surface area contributed by atoms with Crippen LogP contribution >= 0.6 is 11.6 Å². The van der Waals surface area contributed by atoms with Gasteiger partial charge in [0.2, 0.25) is 5.91 Å². The van der Waals surface area contributed by atoms with Gasteiger partial charge in [0.05, 0.1) is 23.7 Å². The van der Waals surface area contributed by atoms with Crippen LogP contribution in [0.3, 0.4) is 0 Å². The minimum absolute atomic E-state index is 0.0498. The monoisotopic (exact) mass is 435 g/mol. The third-order valence-electron chi connectivity index (χ3n) is 5.38. The molecule has 29 heavy (non-hydrogen) atoms. The Bertz CT molecular complexity index is 1040. The molecule has 0 radical (unpaired) electrons. The molecular formula is C21H26ClN3O3S. The van der Waals surface area contributed by atoms with E-state index in [1.54, 1.807) is 11.0 Å². The van der Waals surface area contributed by atoms with Crippen molar-refractivity contribution in [2.45, 2.75) is 39.8 Å². The van der Waals surface area contributed by atoms with Gasteiger partial charge in [0.15, 0.2) is 9.84 Å². The molecule has 0 bridgehead atoms. The summed E-state index contributed by atoms with van der Waals surface area (Å²) >= 11 is 6.26. The number of hydrogen-bond acceptors (Lipinski definition) is 4. The number of amides is 1. The van der Waals surface area contributed by atoms with Gasteiger partial charge in [0.1, 0.15) is 0 Å². The van der Waals surface area contributed by atoms with Crippen LogP contribution in [0.1, 0.15) is 35.9 Å². The fourth-order valence-corrected chi connectivity index (χ4v) is 5.69. The van der Waals surface area contributed by atoms with E-state index in [-0.39, 0.29) is 23.5 Å². The first-order valence-electron chi connectivity index (χ1n) is 9.68. The molecule has 1 fully saturated rings. The molecule has 1 aliphatic rings. The van der Waals surface area contributed by atoms with Gasteiger partial charge < -0.3 is 4.90 Å². The van der Waals surface area contributed by atoms with E-state index in [4.69, 9.17) is 11.6 Å². The molecule has 0 spiro atoms. The maximum Gasteiger partial charge on any atom is 0.246 e. The normalized spacial score (nSPS) is 18.4. The first-order chi connectivity index (χ1) is 13.7. The zero-order valence-corrected chi connectivity index (χ0v) is 18.5. The van der Waals surface area contributed by atoms with Crippen LogP contribution in [0.5, 0.6) is 0 Å². The lowest BCUT2D eigenvalue weighted by Gasteiger charge is -2.25. The quantitative estimate of drug-likeness (QED) is 0.653. The molecule has 0 aliphatic carbocycles. The van der Waals surface area contributed by atoms with Gasteiger partial charge in [-0.25, -0.2) is 8.42 Å². The summed E-state index contributed by atoms with van der Waals surface area (Å²) in [5, 5.41) is 5.28. The van der Waals surface area contributed by atoms with Crippen molar-refractivity contribution in [3.8, 4) is 0 Å². The second kappa shape index (κ2) is 8.71. The van der Waals surface area contributed by atoms with Crippen molar-refractivity contribution < 1.29 is 13.2 Å². The fraction of sp³-hybridized carbons (Fsp3) is 0.429. The maximum atomic E-state index is 12.7. The summed E-state index contributed by atoms with van der Waals surface area (Å²) in [6.45, 7) is 6.76. The van der Waals surface area contributed by atoms with E-state index >= 15 is 0 Å². The molecule has 1 saturated heterocycles. The summed E-state index contributed by atoms with van der Waals surface area (Å²) < 4.78 is 25.4. The Morgan fingerprint density at radius 1 is 1.34 bits per heavy atom. The van der Waals surface area contributed by atoms with Crippen LogP contribution in [0, 0.1) is 13.8 Å². The molecule has 2 heterocycles. The Balaban J connectivity index is 1.77. The summed E-state index contributed by atoms with van der Waals surface area (Å²) in [5.41, 5.74) is 3.63. The SMILES string of the molecule is CCN(C(=O)C=Cc1c(C)nn(Cc2ccccc2Cl)c1C)C1CCS(=O)(=O)C1. The van der Waals surface area contributed by atoms with Crippen molar-refractivity contribution in [1.29, 1.82) is 0 Å². The Morgan fingerprint density at radius 2 is 2.07 bits per heavy atom. The highest BCUT2D eigenvalue weighted by Gasteiger charge is 2.33. The molecule has 0 N–H and O–H groups in total. The summed E-state index contributed by atoms with van der Waals surface area (Å²) in [7, 11) is -3.04. The number of benzene rings is 1. The lowest BCUT2D eigenvalue weighted by Crippen LogP contribution is -2.40. The fourth-order valence-electron chi connectivity index (χ4n) is 3.76. The van der Waals surface area contributed by atoms with Gasteiger partial charge in [0, 0.05) is 34.9 Å². The summed E-state index contributed by atoms with van der Waals surface area (Å²) in [6.07, 6.45) is 3.80. The van der Waals surface area contributed by atoms with E-state index in [1.807, 2.05) is 49.7 Å². The highest BCUT2D eigenvalue weighted by atomic mass is 35.5. The molecule has 1 atom stereocenters. The number of carbonyl (C=O) groups is 1. The lowest BCUT2D eigenvalue weighted by atomic mass is 10.1. The number of halogens is 1. The number of rotatable bonds is 6. The lowest BCUT2D eigenvalue weighted by molar-refractivity contribution is -0.127. The average molecular weight is 436 g/mol. The Labute approximate surface area is 177 Å². The van der Waals surface area contributed by atoms with Crippen LogP contribution in [-0.2, 0) is 21.2 Å². The smallest absolute Gasteiger partial charge is 0.246 e. The zero-order valence-electron chi connectivity index (χ0n) is 16.9. The van der Waals surface area contributed by atoms with Crippen molar-refractivity contribution >= 4 is 33.4 Å². The number of aryl methyl sites for hydroxylation is 1. The number of likely N-dealkylation sites (N-methyl/N-ethyl adjacent to an activating group) is 1. The topological polar surface area (TPSA) is 72.3 Å². The van der Waals surface area contributed by atoms with Gasteiger partial charge in [-0.3, -0.25) is 9.48 Å². The van der Waals surface area contributed by atoms with Gasteiger partial charge in [-0.1, -0.05) is 29.8 Å². The number of sulfone groups is 1. The molecular weight excluding hydrogens is 410 g/mol. The molecule has 1 aromatic heterocycles. The highest BCUT2D eigenvalue weighted by molar-refractivity contribution is 7.91. The van der Waals surface area contributed by atoms with Gasteiger partial charge in [-0.2, -0.15) is 5.10 Å². The molecule has 1 amide bonds. The number of carbonyl (C=O) groups excluding carboxylic acids is 1. The van der Waals surface area contributed by atoms with Crippen molar-refractivity contribution in [1.82, 2.24) is 14.7 Å². The van der Waals surface area contributed by atoms with Crippen LogP contribution < -0.4 is 0 Å². The molecule has 1 aromatic carbocycles. The number of aromatic nitrogens is 2. The third kappa shape index (κ3) is 4.90. The molecule has 1 aliphatic heterocycles. The molecule has 3 rings (SSSR count). The molecule has 8 heteroatoms. The Hall–Kier alpha value is -2.12. The summed E-state index contributed by atoms with van der Waals surface area (Å²) in [4.78, 5) is 14.3. The van der Waals surface area contributed by atoms with E-state index < -0.39 is 9.84 Å². The van der Waals surface area contributed by atoms with E-state index in [2.05, 4.69) is 5.10 Å². The van der Waals surface area contributed by atoms with Crippen molar-refractivity contribution in [3.63, 3.8) is 0 Å². The number of nitrogens with zero attached hydrogens (tertiary/aromatic N) is 3. The van der Waals surface area contributed by atoms with Crippen molar-refractivity contribution in [2.75, 3.05) is 18.1 Å². The Kier molecular flexibility index (Phi) is 6.49. The first-order valence-corrected chi connectivity index (χ1v) is 11.9. The van der Waals surface area contributed by atoms with Crippen LogP contribution in [0.15, 0.2) is 30.3 Å². The van der Waals surface area contributed by atoms with E-state index in [9.17, 15) is 13.2 Å².